The van der Waals surface area contributed by atoms with Crippen LogP contribution < -0.4 is 10.6 Å². The van der Waals surface area contributed by atoms with E-state index in [2.05, 4.69) is 50.4 Å². The molecule has 10 heteroatoms. The molecule has 5 rings (SSSR count). The third kappa shape index (κ3) is 4.57. The zero-order chi connectivity index (χ0) is 21.4. The van der Waals surface area contributed by atoms with Crippen molar-refractivity contribution in [2.45, 2.75) is 35.9 Å². The van der Waals surface area contributed by atoms with Gasteiger partial charge in [0, 0.05) is 42.5 Å². The lowest BCUT2D eigenvalue weighted by molar-refractivity contribution is -0.117. The molecule has 4 heterocycles. The zero-order valence-corrected chi connectivity index (χ0v) is 18.9. The van der Waals surface area contributed by atoms with Gasteiger partial charge in [-0.2, -0.15) is 0 Å². The molecule has 0 saturated carbocycles. The molecule has 0 bridgehead atoms. The van der Waals surface area contributed by atoms with Crippen LogP contribution in [0.1, 0.15) is 13.8 Å². The highest BCUT2D eigenvalue weighted by Crippen LogP contribution is 2.33. The second kappa shape index (κ2) is 8.54. The first-order valence-corrected chi connectivity index (χ1v) is 11.8. The van der Waals surface area contributed by atoms with Crippen molar-refractivity contribution < 1.29 is 4.79 Å². The van der Waals surface area contributed by atoms with E-state index >= 15 is 0 Å². The molecule has 1 saturated heterocycles. The van der Waals surface area contributed by atoms with Crippen molar-refractivity contribution in [3.8, 4) is 0 Å². The predicted molar refractivity (Wildman–Crippen MR) is 124 cm³/mol. The van der Waals surface area contributed by atoms with Gasteiger partial charge < -0.3 is 10.6 Å². The minimum Gasteiger partial charge on any atom is -0.309 e. The molecule has 2 atom stereocenters. The number of aromatic nitrogens is 4. The number of benzene rings is 1. The molecular formula is C21H23N7OS2. The monoisotopic (exact) mass is 453 g/mol. The van der Waals surface area contributed by atoms with Gasteiger partial charge in [-0.05, 0) is 38.1 Å². The summed E-state index contributed by atoms with van der Waals surface area (Å²) < 4.78 is 3.00. The van der Waals surface area contributed by atoms with Gasteiger partial charge in [-0.25, -0.2) is 15.0 Å². The van der Waals surface area contributed by atoms with Crippen molar-refractivity contribution in [2.24, 2.45) is 0 Å². The first-order chi connectivity index (χ1) is 15.0. The maximum atomic E-state index is 12.5. The Morgan fingerprint density at radius 2 is 2.13 bits per heavy atom. The molecule has 8 nitrogen and oxygen atoms in total. The molecule has 3 aromatic heterocycles. The van der Waals surface area contributed by atoms with Crippen molar-refractivity contribution in [1.82, 2.24) is 29.6 Å². The quantitative estimate of drug-likeness (QED) is 0.480. The van der Waals surface area contributed by atoms with Crippen LogP contribution in [0, 0.1) is 0 Å². The van der Waals surface area contributed by atoms with Gasteiger partial charge in [-0.3, -0.25) is 14.1 Å². The maximum absolute atomic E-state index is 12.5. The van der Waals surface area contributed by atoms with E-state index in [9.17, 15) is 4.79 Å². The summed E-state index contributed by atoms with van der Waals surface area (Å²) >= 11 is 3.12. The normalized spacial score (nSPS) is 19.8. The molecule has 1 fully saturated rings. The number of carbonyl (C=O) groups is 1. The lowest BCUT2D eigenvalue weighted by Crippen LogP contribution is -2.55. The lowest BCUT2D eigenvalue weighted by Gasteiger charge is -2.35. The maximum Gasteiger partial charge on any atom is 0.240 e. The van der Waals surface area contributed by atoms with E-state index in [1.807, 2.05) is 35.0 Å². The molecule has 1 aromatic carbocycles. The Morgan fingerprint density at radius 1 is 1.29 bits per heavy atom. The van der Waals surface area contributed by atoms with E-state index < -0.39 is 0 Å². The Hall–Kier alpha value is -2.53. The summed E-state index contributed by atoms with van der Waals surface area (Å²) in [6.07, 6.45) is 5.52. The molecule has 1 aliphatic heterocycles. The average molecular weight is 454 g/mol. The van der Waals surface area contributed by atoms with Crippen LogP contribution in [-0.4, -0.2) is 61.9 Å². The van der Waals surface area contributed by atoms with Gasteiger partial charge in [0.25, 0.3) is 0 Å². The highest BCUT2D eigenvalue weighted by molar-refractivity contribution is 7.99. The van der Waals surface area contributed by atoms with Crippen LogP contribution in [0.3, 0.4) is 0 Å². The van der Waals surface area contributed by atoms with Crippen LogP contribution in [0.4, 0.5) is 5.13 Å². The Kier molecular flexibility index (Phi) is 5.61. The Labute approximate surface area is 188 Å². The zero-order valence-electron chi connectivity index (χ0n) is 17.3. The van der Waals surface area contributed by atoms with E-state index in [4.69, 9.17) is 0 Å². The number of piperazine rings is 1. The average Bonchev–Trinajstić information content (AvgIpc) is 3.30. The van der Waals surface area contributed by atoms with E-state index in [-0.39, 0.29) is 5.91 Å². The molecule has 0 radical (unpaired) electrons. The smallest absolute Gasteiger partial charge is 0.240 e. The molecule has 1 amide bonds. The second-order valence-corrected chi connectivity index (χ2v) is 9.97. The fourth-order valence-electron chi connectivity index (χ4n) is 3.96. The molecule has 0 spiro atoms. The molecule has 1 aliphatic rings. The first kappa shape index (κ1) is 20.4. The van der Waals surface area contributed by atoms with Crippen molar-refractivity contribution in [2.75, 3.05) is 25.0 Å². The molecule has 4 aromatic rings. The Bertz CT molecular complexity index is 1230. The minimum atomic E-state index is -0.0202. The molecule has 2 unspecified atom stereocenters. The Balaban J connectivity index is 1.27. The molecule has 0 aliphatic carbocycles. The number of imidazole rings is 1. The van der Waals surface area contributed by atoms with Crippen molar-refractivity contribution in [1.29, 1.82) is 0 Å². The number of thiazole rings is 1. The summed E-state index contributed by atoms with van der Waals surface area (Å²) in [4.78, 5) is 29.0. The van der Waals surface area contributed by atoms with Gasteiger partial charge in [-0.1, -0.05) is 23.1 Å². The summed E-state index contributed by atoms with van der Waals surface area (Å²) in [6, 6.07) is 8.80. The predicted octanol–water partition coefficient (Wildman–Crippen LogP) is 3.11. The molecule has 160 valence electrons. The highest BCUT2D eigenvalue weighted by Gasteiger charge is 2.22. The third-order valence-corrected chi connectivity index (χ3v) is 7.02. The number of carbonyl (C=O) groups excluding carboxylic acids is 1. The first-order valence-electron chi connectivity index (χ1n) is 10.2. The lowest BCUT2D eigenvalue weighted by atomic mass is 10.1. The number of nitrogens with one attached hydrogen (secondary N) is 2. The van der Waals surface area contributed by atoms with Gasteiger partial charge in [0.15, 0.2) is 5.13 Å². The fraction of sp³-hybridized carbons (Fsp3) is 0.333. The molecule has 31 heavy (non-hydrogen) atoms. The van der Waals surface area contributed by atoms with Crippen molar-refractivity contribution in [3.05, 3.63) is 42.9 Å². The van der Waals surface area contributed by atoms with Crippen LogP contribution in [-0.2, 0) is 4.79 Å². The van der Waals surface area contributed by atoms with Gasteiger partial charge in [0.1, 0.15) is 5.03 Å². The van der Waals surface area contributed by atoms with Gasteiger partial charge in [-0.15, -0.1) is 0 Å². The number of rotatable bonds is 5. The Morgan fingerprint density at radius 3 is 2.97 bits per heavy atom. The second-order valence-electron chi connectivity index (χ2n) is 7.85. The summed E-state index contributed by atoms with van der Waals surface area (Å²) in [5, 5.41) is 8.10. The van der Waals surface area contributed by atoms with Crippen molar-refractivity contribution in [3.63, 3.8) is 0 Å². The standard InChI is InChI=1S/C21H23N7OS2/c1-13-10-27(11-14(2)24-13)12-18(29)26-21-25-16-5-4-15(8-17(16)31-21)30-19-9-23-20-22-6-3-7-28(19)20/h3-9,13-14,24H,10-12H2,1-2H3,(H,25,26,29). The van der Waals surface area contributed by atoms with Gasteiger partial charge >= 0.3 is 0 Å². The number of fused-ring (bicyclic) bond motifs is 2. The van der Waals surface area contributed by atoms with E-state index in [1.54, 1.807) is 18.0 Å². The van der Waals surface area contributed by atoms with Gasteiger partial charge in [0.05, 0.1) is 23.0 Å². The van der Waals surface area contributed by atoms with E-state index in [0.717, 1.165) is 33.2 Å². The molecule has 2 N–H and O–H groups in total. The number of amides is 1. The van der Waals surface area contributed by atoms with Crippen LogP contribution in [0.25, 0.3) is 16.0 Å². The number of anilines is 1. The number of hydrogen-bond donors (Lipinski definition) is 2. The van der Waals surface area contributed by atoms with E-state index in [0.29, 0.717) is 29.5 Å². The van der Waals surface area contributed by atoms with Crippen LogP contribution in [0.15, 0.2) is 52.8 Å². The number of hydrogen-bond acceptors (Lipinski definition) is 8. The summed E-state index contributed by atoms with van der Waals surface area (Å²) in [5.74, 6) is 0.662. The van der Waals surface area contributed by atoms with E-state index in [1.165, 1.54) is 11.3 Å². The largest absolute Gasteiger partial charge is 0.309 e. The third-order valence-electron chi connectivity index (χ3n) is 5.08. The molecular weight excluding hydrogens is 430 g/mol. The minimum absolute atomic E-state index is 0.0202. The van der Waals surface area contributed by atoms with Crippen LogP contribution >= 0.6 is 23.1 Å². The van der Waals surface area contributed by atoms with Crippen molar-refractivity contribution >= 4 is 50.1 Å². The SMILES string of the molecule is CC1CN(CC(=O)Nc2nc3ccc(Sc4cnc5ncccn45)cc3s2)CC(C)N1. The number of nitrogens with zero attached hydrogens (tertiary/aromatic N) is 5. The topological polar surface area (TPSA) is 87.5 Å². The highest BCUT2D eigenvalue weighted by atomic mass is 32.2. The summed E-state index contributed by atoms with van der Waals surface area (Å²) in [7, 11) is 0. The fourth-order valence-corrected chi connectivity index (χ4v) is 5.85. The van der Waals surface area contributed by atoms with Gasteiger partial charge in [0.2, 0.25) is 11.7 Å². The van der Waals surface area contributed by atoms with Crippen LogP contribution in [0.2, 0.25) is 0 Å². The van der Waals surface area contributed by atoms with Crippen LogP contribution in [0.5, 0.6) is 0 Å². The summed E-state index contributed by atoms with van der Waals surface area (Å²) in [6.45, 7) is 6.42. The summed E-state index contributed by atoms with van der Waals surface area (Å²) in [5.41, 5.74) is 0.883.